The van der Waals surface area contributed by atoms with E-state index in [9.17, 15) is 9.59 Å². The fourth-order valence-electron chi connectivity index (χ4n) is 2.95. The van der Waals surface area contributed by atoms with Crippen LogP contribution in [0.2, 0.25) is 5.02 Å². The molecule has 156 valence electrons. The predicted molar refractivity (Wildman–Crippen MR) is 125 cm³/mol. The Balaban J connectivity index is 1.54. The summed E-state index contributed by atoms with van der Waals surface area (Å²) in [6.45, 7) is 0.237. The van der Waals surface area contributed by atoms with E-state index in [4.69, 9.17) is 17.3 Å². The maximum atomic E-state index is 12.4. The van der Waals surface area contributed by atoms with Gasteiger partial charge in [0.1, 0.15) is 0 Å². The maximum absolute atomic E-state index is 12.4. The summed E-state index contributed by atoms with van der Waals surface area (Å²) in [7, 11) is 0. The number of nitrogens with one attached hydrogen (secondary N) is 2. The highest BCUT2D eigenvalue weighted by molar-refractivity contribution is 8.18. The van der Waals surface area contributed by atoms with Gasteiger partial charge in [0.15, 0.2) is 5.17 Å². The van der Waals surface area contributed by atoms with E-state index in [1.807, 2.05) is 36.4 Å². The minimum atomic E-state index is -0.249. The lowest BCUT2D eigenvalue weighted by Crippen LogP contribution is -2.29. The van der Waals surface area contributed by atoms with Crippen molar-refractivity contribution >= 4 is 63.0 Å². The maximum Gasteiger partial charge on any atom is 0.264 e. The van der Waals surface area contributed by atoms with E-state index in [1.54, 1.807) is 24.4 Å². The fourth-order valence-corrected chi connectivity index (χ4v) is 3.95. The van der Waals surface area contributed by atoms with Gasteiger partial charge in [-0.15, -0.1) is 0 Å². The van der Waals surface area contributed by atoms with Crippen molar-refractivity contribution in [3.05, 3.63) is 75.8 Å². The van der Waals surface area contributed by atoms with Gasteiger partial charge < -0.3 is 16.4 Å². The average molecular weight is 452 g/mol. The first-order valence-electron chi connectivity index (χ1n) is 9.41. The Hall–Kier alpha value is -3.20. The molecule has 2 aromatic carbocycles. The van der Waals surface area contributed by atoms with Gasteiger partial charge in [-0.2, -0.15) is 0 Å². The summed E-state index contributed by atoms with van der Waals surface area (Å²) in [6, 6.07) is 14.9. The number of nitrogens with zero attached hydrogens (tertiary/aromatic N) is 2. The number of fused-ring (bicyclic) bond motifs is 1. The molecule has 1 aliphatic heterocycles. The van der Waals surface area contributed by atoms with Crippen molar-refractivity contribution in [1.82, 2.24) is 15.6 Å². The third-order valence-electron chi connectivity index (χ3n) is 4.48. The summed E-state index contributed by atoms with van der Waals surface area (Å²) in [5.41, 5.74) is 8.42. The highest BCUT2D eigenvalue weighted by atomic mass is 35.5. The second-order valence-corrected chi connectivity index (χ2v) is 8.14. The van der Waals surface area contributed by atoms with E-state index in [-0.39, 0.29) is 18.4 Å². The third-order valence-corrected chi connectivity index (χ3v) is 5.71. The minimum absolute atomic E-state index is 0.0751. The Kier molecular flexibility index (Phi) is 6.31. The molecule has 7 nitrogen and oxygen atoms in total. The van der Waals surface area contributed by atoms with Crippen molar-refractivity contribution in [2.75, 3.05) is 6.54 Å². The number of carbonyl (C=O) groups is 2. The zero-order valence-corrected chi connectivity index (χ0v) is 17.8. The first-order valence-corrected chi connectivity index (χ1v) is 10.6. The molecule has 1 aromatic heterocycles. The van der Waals surface area contributed by atoms with Crippen molar-refractivity contribution in [3.63, 3.8) is 0 Å². The standard InChI is InChI=1S/C22H18ClN5O2S/c23-16-5-3-14(12-26-20(29)11-24)9-18(16)27-22-28-21(30)19(31-22)10-13-4-6-17-15(8-13)2-1-7-25-17/h1-10H,11-12,24H2,(H,26,29)(H,27,28,30). The normalized spacial score (nSPS) is 16.1. The molecule has 0 aliphatic carbocycles. The molecular formula is C22H18ClN5O2S. The monoisotopic (exact) mass is 451 g/mol. The van der Waals surface area contributed by atoms with Crippen molar-refractivity contribution < 1.29 is 9.59 Å². The lowest BCUT2D eigenvalue weighted by atomic mass is 10.1. The van der Waals surface area contributed by atoms with Crippen molar-refractivity contribution in [2.45, 2.75) is 6.54 Å². The number of thioether (sulfide) groups is 1. The van der Waals surface area contributed by atoms with Crippen molar-refractivity contribution in [2.24, 2.45) is 10.7 Å². The van der Waals surface area contributed by atoms with E-state index in [0.29, 0.717) is 27.3 Å². The summed E-state index contributed by atoms with van der Waals surface area (Å²) in [5.74, 6) is -0.474. The van der Waals surface area contributed by atoms with E-state index < -0.39 is 0 Å². The van der Waals surface area contributed by atoms with E-state index >= 15 is 0 Å². The molecule has 3 aromatic rings. The molecule has 1 saturated heterocycles. The number of halogens is 1. The molecule has 1 fully saturated rings. The number of amides is 2. The topological polar surface area (TPSA) is 109 Å². The van der Waals surface area contributed by atoms with Crippen molar-refractivity contribution in [1.29, 1.82) is 0 Å². The Labute approximate surface area is 187 Å². The first kappa shape index (κ1) is 21.0. The van der Waals surface area contributed by atoms with Crippen LogP contribution in [0.1, 0.15) is 11.1 Å². The molecule has 2 heterocycles. The van der Waals surface area contributed by atoms with Gasteiger partial charge in [-0.1, -0.05) is 29.8 Å². The molecule has 0 saturated carbocycles. The van der Waals surface area contributed by atoms with Crippen LogP contribution in [0.15, 0.2) is 64.6 Å². The van der Waals surface area contributed by atoms with Gasteiger partial charge in [0.2, 0.25) is 5.91 Å². The summed E-state index contributed by atoms with van der Waals surface area (Å²) < 4.78 is 0. The van der Waals surface area contributed by atoms with Crippen LogP contribution in [-0.2, 0) is 16.1 Å². The molecule has 0 unspecified atom stereocenters. The Morgan fingerprint density at radius 3 is 2.97 bits per heavy atom. The average Bonchev–Trinajstić information content (AvgIpc) is 3.12. The van der Waals surface area contributed by atoms with Crippen LogP contribution < -0.4 is 16.4 Å². The lowest BCUT2D eigenvalue weighted by molar-refractivity contribution is -0.120. The number of carbonyl (C=O) groups excluding carboxylic acids is 2. The van der Waals surface area contributed by atoms with Gasteiger partial charge in [-0.3, -0.25) is 14.6 Å². The summed E-state index contributed by atoms with van der Waals surface area (Å²) in [4.78, 5) is 33.1. The number of pyridine rings is 1. The SMILES string of the molecule is NCC(=O)NCc1ccc(Cl)c(N=C2NC(=O)C(=Cc3ccc4ncccc4c3)S2)c1. The van der Waals surface area contributed by atoms with Crippen LogP contribution in [0.3, 0.4) is 0 Å². The quantitative estimate of drug-likeness (QED) is 0.515. The molecular weight excluding hydrogens is 434 g/mol. The molecule has 1 aliphatic rings. The summed E-state index contributed by atoms with van der Waals surface area (Å²) in [5, 5.41) is 7.34. The van der Waals surface area contributed by atoms with Gasteiger partial charge >= 0.3 is 0 Å². The number of aromatic nitrogens is 1. The van der Waals surface area contributed by atoms with Crippen LogP contribution in [-0.4, -0.2) is 28.5 Å². The Bertz CT molecular complexity index is 1240. The molecule has 31 heavy (non-hydrogen) atoms. The van der Waals surface area contributed by atoms with Crippen LogP contribution in [0.25, 0.3) is 17.0 Å². The number of aliphatic imine (C=N–C) groups is 1. The van der Waals surface area contributed by atoms with Gasteiger partial charge in [0.25, 0.3) is 5.91 Å². The predicted octanol–water partition coefficient (Wildman–Crippen LogP) is 3.35. The minimum Gasteiger partial charge on any atom is -0.351 e. The van der Waals surface area contributed by atoms with Crippen LogP contribution in [0, 0.1) is 0 Å². The van der Waals surface area contributed by atoms with Gasteiger partial charge in [0, 0.05) is 18.1 Å². The second kappa shape index (κ2) is 9.30. The van der Waals surface area contributed by atoms with Crippen molar-refractivity contribution in [3.8, 4) is 0 Å². The Morgan fingerprint density at radius 2 is 2.13 bits per heavy atom. The van der Waals surface area contributed by atoms with Crippen LogP contribution in [0.5, 0.6) is 0 Å². The van der Waals surface area contributed by atoms with Gasteiger partial charge in [-0.05, 0) is 59.3 Å². The highest BCUT2D eigenvalue weighted by Gasteiger charge is 2.24. The molecule has 0 bridgehead atoms. The van der Waals surface area contributed by atoms with Crippen LogP contribution >= 0.6 is 23.4 Å². The summed E-state index contributed by atoms with van der Waals surface area (Å²) >= 11 is 7.51. The number of amidine groups is 1. The first-order chi connectivity index (χ1) is 15.0. The fraction of sp³-hybridized carbons (Fsp3) is 0.0909. The summed E-state index contributed by atoms with van der Waals surface area (Å²) in [6.07, 6.45) is 3.56. The zero-order chi connectivity index (χ0) is 21.8. The molecule has 9 heteroatoms. The lowest BCUT2D eigenvalue weighted by Gasteiger charge is -2.06. The third kappa shape index (κ3) is 5.11. The molecule has 4 rings (SSSR count). The number of hydrogen-bond donors (Lipinski definition) is 3. The van der Waals surface area contributed by atoms with Gasteiger partial charge in [0.05, 0.1) is 27.7 Å². The van der Waals surface area contributed by atoms with E-state index in [1.165, 1.54) is 11.8 Å². The molecule has 4 N–H and O–H groups in total. The number of nitrogens with two attached hydrogens (primary N) is 1. The Morgan fingerprint density at radius 1 is 1.26 bits per heavy atom. The second-order valence-electron chi connectivity index (χ2n) is 6.70. The molecule has 2 amide bonds. The van der Waals surface area contributed by atoms with Crippen LogP contribution in [0.4, 0.5) is 5.69 Å². The zero-order valence-electron chi connectivity index (χ0n) is 16.3. The highest BCUT2D eigenvalue weighted by Crippen LogP contribution is 2.32. The number of rotatable bonds is 5. The number of hydrogen-bond acceptors (Lipinski definition) is 6. The smallest absolute Gasteiger partial charge is 0.264 e. The largest absolute Gasteiger partial charge is 0.351 e. The molecule has 0 atom stereocenters. The van der Waals surface area contributed by atoms with E-state index in [0.717, 1.165) is 22.0 Å². The molecule has 0 spiro atoms. The van der Waals surface area contributed by atoms with E-state index in [2.05, 4.69) is 20.6 Å². The number of benzene rings is 2. The van der Waals surface area contributed by atoms with Gasteiger partial charge in [-0.25, -0.2) is 4.99 Å². The molecule has 0 radical (unpaired) electrons.